The summed E-state index contributed by atoms with van der Waals surface area (Å²) in [5, 5.41) is 8.34. The molecule has 2 rings (SSSR count). The second kappa shape index (κ2) is 5.78. The number of furan rings is 1. The summed E-state index contributed by atoms with van der Waals surface area (Å²) in [5.41, 5.74) is 1.70. The Hall–Kier alpha value is -1.79. The van der Waals surface area contributed by atoms with E-state index >= 15 is 0 Å². The van der Waals surface area contributed by atoms with Gasteiger partial charge in [-0.25, -0.2) is 13.6 Å². The third-order valence-electron chi connectivity index (χ3n) is 3.41. The highest BCUT2D eigenvalue weighted by molar-refractivity contribution is 7.89. The van der Waals surface area contributed by atoms with Gasteiger partial charge in [0.15, 0.2) is 0 Å². The van der Waals surface area contributed by atoms with Crippen LogP contribution < -0.4 is 10.5 Å². The third kappa shape index (κ3) is 3.90. The van der Waals surface area contributed by atoms with Crippen LogP contribution in [0.4, 0.5) is 5.69 Å². The second-order valence-electron chi connectivity index (χ2n) is 6.37. The van der Waals surface area contributed by atoms with Gasteiger partial charge in [-0.2, -0.15) is 0 Å². The first-order chi connectivity index (χ1) is 10.1. The van der Waals surface area contributed by atoms with Crippen LogP contribution in [0.1, 0.15) is 37.9 Å². The van der Waals surface area contributed by atoms with E-state index in [-0.39, 0.29) is 10.3 Å². The Morgan fingerprint density at radius 3 is 2.45 bits per heavy atom. The Balaban J connectivity index is 2.16. The molecule has 22 heavy (non-hydrogen) atoms. The number of nitrogens with one attached hydrogen (secondary N) is 1. The smallest absolute Gasteiger partial charge is 0.238 e. The summed E-state index contributed by atoms with van der Waals surface area (Å²) in [5.74, 6) is 1.79. The van der Waals surface area contributed by atoms with E-state index in [0.29, 0.717) is 12.2 Å². The van der Waals surface area contributed by atoms with Crippen molar-refractivity contribution in [2.24, 2.45) is 5.14 Å². The minimum Gasteiger partial charge on any atom is -0.465 e. The van der Waals surface area contributed by atoms with Crippen LogP contribution in [0, 0.1) is 6.92 Å². The fourth-order valence-corrected chi connectivity index (χ4v) is 2.60. The predicted octanol–water partition coefficient (Wildman–Crippen LogP) is 3.15. The summed E-state index contributed by atoms with van der Waals surface area (Å²) in [4.78, 5) is 0.0943. The standard InChI is InChI=1S/C16H22N2O3S/c1-11-12(8-15(21-11)16(2,3)4)10-18-13-6-5-7-14(9-13)22(17,19)20/h5-9,18H,10H2,1-4H3,(H2,17,19,20). The van der Waals surface area contributed by atoms with Gasteiger partial charge >= 0.3 is 0 Å². The van der Waals surface area contributed by atoms with Crippen molar-refractivity contribution in [3.8, 4) is 0 Å². The van der Waals surface area contributed by atoms with E-state index in [4.69, 9.17) is 9.56 Å². The van der Waals surface area contributed by atoms with Crippen molar-refractivity contribution in [1.82, 2.24) is 0 Å². The van der Waals surface area contributed by atoms with Crippen molar-refractivity contribution in [3.63, 3.8) is 0 Å². The summed E-state index contributed by atoms with van der Waals surface area (Å²) in [7, 11) is -3.69. The van der Waals surface area contributed by atoms with Gasteiger partial charge in [0.25, 0.3) is 0 Å². The minimum atomic E-state index is -3.69. The average molecular weight is 322 g/mol. The lowest BCUT2D eigenvalue weighted by Crippen LogP contribution is -2.12. The van der Waals surface area contributed by atoms with Gasteiger partial charge in [0.1, 0.15) is 11.5 Å². The molecule has 1 heterocycles. The number of sulfonamides is 1. The van der Waals surface area contributed by atoms with Crippen molar-refractivity contribution < 1.29 is 12.8 Å². The zero-order valence-corrected chi connectivity index (χ0v) is 14.1. The first kappa shape index (κ1) is 16.6. The highest BCUT2D eigenvalue weighted by Crippen LogP contribution is 2.27. The summed E-state index contributed by atoms with van der Waals surface area (Å²) in [6, 6.07) is 8.49. The van der Waals surface area contributed by atoms with E-state index in [1.807, 2.05) is 13.0 Å². The lowest BCUT2D eigenvalue weighted by molar-refractivity contribution is 0.395. The summed E-state index contributed by atoms with van der Waals surface area (Å²) in [6.07, 6.45) is 0. The lowest BCUT2D eigenvalue weighted by Gasteiger charge is -2.13. The number of nitrogens with two attached hydrogens (primary N) is 1. The maximum absolute atomic E-state index is 11.4. The highest BCUT2D eigenvalue weighted by atomic mass is 32.2. The fraction of sp³-hybridized carbons (Fsp3) is 0.375. The number of hydrogen-bond donors (Lipinski definition) is 2. The van der Waals surface area contributed by atoms with Gasteiger partial charge in [0, 0.05) is 23.2 Å². The molecule has 120 valence electrons. The Morgan fingerprint density at radius 2 is 1.91 bits per heavy atom. The molecule has 0 aliphatic rings. The summed E-state index contributed by atoms with van der Waals surface area (Å²) < 4.78 is 28.5. The van der Waals surface area contributed by atoms with Crippen molar-refractivity contribution >= 4 is 15.7 Å². The summed E-state index contributed by atoms with van der Waals surface area (Å²) >= 11 is 0. The number of primary sulfonamides is 1. The van der Waals surface area contributed by atoms with E-state index in [1.165, 1.54) is 12.1 Å². The van der Waals surface area contributed by atoms with Gasteiger partial charge in [0.2, 0.25) is 10.0 Å². The Labute approximate surface area is 131 Å². The van der Waals surface area contributed by atoms with Crippen LogP contribution in [0.25, 0.3) is 0 Å². The Bertz CT molecular complexity index is 771. The van der Waals surface area contributed by atoms with E-state index < -0.39 is 10.0 Å². The fourth-order valence-electron chi connectivity index (χ4n) is 2.05. The van der Waals surface area contributed by atoms with Crippen molar-refractivity contribution in [3.05, 3.63) is 47.4 Å². The normalized spacial score (nSPS) is 12.4. The molecule has 0 bridgehead atoms. The zero-order chi connectivity index (χ0) is 16.5. The Morgan fingerprint density at radius 1 is 1.23 bits per heavy atom. The number of hydrogen-bond acceptors (Lipinski definition) is 4. The summed E-state index contributed by atoms with van der Waals surface area (Å²) in [6.45, 7) is 8.76. The first-order valence-corrected chi connectivity index (χ1v) is 8.58. The van der Waals surface area contributed by atoms with Gasteiger partial charge in [-0.05, 0) is 31.2 Å². The topological polar surface area (TPSA) is 85.3 Å². The third-order valence-corrected chi connectivity index (χ3v) is 4.32. The van der Waals surface area contributed by atoms with E-state index in [9.17, 15) is 8.42 Å². The quantitative estimate of drug-likeness (QED) is 0.905. The molecule has 6 heteroatoms. The molecule has 2 aromatic rings. The molecule has 0 radical (unpaired) electrons. The van der Waals surface area contributed by atoms with Crippen LogP contribution in [0.3, 0.4) is 0 Å². The predicted molar refractivity (Wildman–Crippen MR) is 87.3 cm³/mol. The van der Waals surface area contributed by atoms with Gasteiger partial charge in [0.05, 0.1) is 4.90 Å². The molecular formula is C16H22N2O3S. The molecule has 0 saturated carbocycles. The minimum absolute atomic E-state index is 0.0451. The average Bonchev–Trinajstić information content (AvgIpc) is 2.77. The van der Waals surface area contributed by atoms with Gasteiger partial charge in [-0.3, -0.25) is 0 Å². The molecule has 0 amide bonds. The highest BCUT2D eigenvalue weighted by Gasteiger charge is 2.20. The monoisotopic (exact) mass is 322 g/mol. The van der Waals surface area contributed by atoms with Gasteiger partial charge < -0.3 is 9.73 Å². The van der Waals surface area contributed by atoms with Crippen LogP contribution in [-0.4, -0.2) is 8.42 Å². The molecule has 1 aromatic carbocycles. The molecule has 0 saturated heterocycles. The largest absolute Gasteiger partial charge is 0.465 e. The molecule has 5 nitrogen and oxygen atoms in total. The molecule has 0 aliphatic carbocycles. The first-order valence-electron chi connectivity index (χ1n) is 7.04. The van der Waals surface area contributed by atoms with Crippen LogP contribution >= 0.6 is 0 Å². The van der Waals surface area contributed by atoms with Crippen LogP contribution in [0.2, 0.25) is 0 Å². The molecule has 0 aliphatic heterocycles. The van der Waals surface area contributed by atoms with Gasteiger partial charge in [-0.15, -0.1) is 0 Å². The SMILES string of the molecule is Cc1oc(C(C)(C)C)cc1CNc1cccc(S(N)(=O)=O)c1. The number of anilines is 1. The molecule has 3 N–H and O–H groups in total. The maximum Gasteiger partial charge on any atom is 0.238 e. The number of benzene rings is 1. The van der Waals surface area contributed by atoms with Crippen molar-refractivity contribution in [2.75, 3.05) is 5.32 Å². The number of aryl methyl sites for hydroxylation is 1. The molecule has 0 unspecified atom stereocenters. The van der Waals surface area contributed by atoms with E-state index in [0.717, 1.165) is 17.1 Å². The van der Waals surface area contributed by atoms with Crippen molar-refractivity contribution in [2.45, 2.75) is 44.6 Å². The van der Waals surface area contributed by atoms with E-state index in [1.54, 1.807) is 12.1 Å². The van der Waals surface area contributed by atoms with Crippen LogP contribution in [0.15, 0.2) is 39.6 Å². The molecule has 1 aromatic heterocycles. The molecule has 0 spiro atoms. The van der Waals surface area contributed by atoms with Gasteiger partial charge in [-0.1, -0.05) is 26.8 Å². The maximum atomic E-state index is 11.4. The van der Waals surface area contributed by atoms with Crippen molar-refractivity contribution in [1.29, 1.82) is 0 Å². The molecule has 0 fully saturated rings. The zero-order valence-electron chi connectivity index (χ0n) is 13.3. The van der Waals surface area contributed by atoms with Crippen LogP contribution in [0.5, 0.6) is 0 Å². The second-order valence-corrected chi connectivity index (χ2v) is 7.93. The Kier molecular flexibility index (Phi) is 4.35. The van der Waals surface area contributed by atoms with Crippen LogP contribution in [-0.2, 0) is 22.0 Å². The van der Waals surface area contributed by atoms with E-state index in [2.05, 4.69) is 26.1 Å². The lowest BCUT2D eigenvalue weighted by atomic mass is 9.93. The number of rotatable bonds is 4. The molecule has 0 atom stereocenters. The molecular weight excluding hydrogens is 300 g/mol.